The number of nitrogens with zero attached hydrogens (tertiary/aromatic N) is 10. The van der Waals surface area contributed by atoms with E-state index in [1.54, 1.807) is 0 Å². The second-order valence-electron chi connectivity index (χ2n) is 29.4. The van der Waals surface area contributed by atoms with Gasteiger partial charge < -0.3 is 27.6 Å². The van der Waals surface area contributed by atoms with Crippen LogP contribution in [-0.4, -0.2) is 56.5 Å². The van der Waals surface area contributed by atoms with Gasteiger partial charge in [-0.15, -0.1) is 0 Å². The molecule has 1 aliphatic heterocycles. The van der Waals surface area contributed by atoms with E-state index in [9.17, 15) is 5.26 Å². The van der Waals surface area contributed by atoms with E-state index in [4.69, 9.17) is 37.4 Å². The highest BCUT2D eigenvalue weighted by atomic mass is 35.5. The molecule has 0 aliphatic carbocycles. The van der Waals surface area contributed by atoms with E-state index < -0.39 is 18.3 Å². The highest BCUT2D eigenvalue weighted by molar-refractivity contribution is 6.62. The summed E-state index contributed by atoms with van der Waals surface area (Å²) >= 11 is 6.17. The third-order valence-corrected chi connectivity index (χ3v) is 22.4. The Morgan fingerprint density at radius 3 is 1.05 bits per heavy atom. The Morgan fingerprint density at radius 2 is 0.643 bits per heavy atom. The minimum atomic E-state index is -0.414. The Balaban J connectivity index is 0.000000129. The summed E-state index contributed by atoms with van der Waals surface area (Å²) in [5.41, 5.74) is 20.8. The van der Waals surface area contributed by atoms with E-state index in [1.807, 2.05) is 127 Å². The minimum absolute atomic E-state index is 0. The predicted octanol–water partition coefficient (Wildman–Crippen LogP) is 25.4. The van der Waals surface area contributed by atoms with Crippen LogP contribution in [0, 0.1) is 17.9 Å². The molecule has 14 aromatic carbocycles. The van der Waals surface area contributed by atoms with Gasteiger partial charge >= 0.3 is 7.12 Å². The molecule has 1 aliphatic rings. The summed E-state index contributed by atoms with van der Waals surface area (Å²) in [7, 11) is -0.414. The van der Waals surface area contributed by atoms with Gasteiger partial charge in [-0.2, -0.15) is 5.26 Å². The lowest BCUT2D eigenvalue weighted by Gasteiger charge is -2.32. The second kappa shape index (κ2) is 29.7. The van der Waals surface area contributed by atoms with Crippen LogP contribution in [0.3, 0.4) is 0 Å². The molecule has 0 unspecified atom stereocenters. The fourth-order valence-electron chi connectivity index (χ4n) is 16.0. The summed E-state index contributed by atoms with van der Waals surface area (Å²) in [6, 6.07) is 124. The number of rotatable bonds is 10. The summed E-state index contributed by atoms with van der Waals surface area (Å²) in [5.74, 6) is 1.10. The lowest BCUT2D eigenvalue weighted by molar-refractivity contribution is 0.00578. The molecule has 1 saturated heterocycles. The van der Waals surface area contributed by atoms with E-state index in [1.165, 1.54) is 48.9 Å². The molecule has 6 aromatic heterocycles. The Hall–Kier alpha value is -14.3. The van der Waals surface area contributed by atoms with Crippen molar-refractivity contribution in [2.75, 3.05) is 0 Å². The van der Waals surface area contributed by atoms with Gasteiger partial charge in [-0.05, 0) is 142 Å². The van der Waals surface area contributed by atoms with Crippen LogP contribution in [0.15, 0.2) is 352 Å². The third kappa shape index (κ3) is 12.8. The average Bonchev–Trinajstić information content (AvgIpc) is 1.56. The standard InChI is InChI=1S/C47H29N5.C36H31BN2O2.C17H10ClN3.CH4/c48-30-40-45(31-15-5-1-6-16-31)49-47(32-17-7-2-8-18-32)50-46(40)33-25-26-42-37(27-33)39-28-38-36-23-13-14-24-41(36)51(34-19-9-3-10-20-34)43(38)29-44(39)52(42)35-21-11-4-12-22-35;1-35(2)36(3,4)41-37(40-35)24-19-20-32-28(21-24)30-22-29-27-17-11-12-18-31(27)38(25-13-7-5-8-14-25)33(29)23-34(30)39(32)26-15-9-6-10-16-26;1-19-15-14(12-8-4-2-5-9-12)20-17(21-16(15)18)13-10-6-3-7-11-13;/h1-29H;5-23H,1-4H3;2-11H;1H4. The van der Waals surface area contributed by atoms with Gasteiger partial charge in [-0.25, -0.2) is 24.8 Å². The Kier molecular flexibility index (Phi) is 18.7. The normalized spacial score (nSPS) is 12.9. The molecule has 115 heavy (non-hydrogen) atoms. The molecule has 7 heterocycles. The first-order valence-corrected chi connectivity index (χ1v) is 38.4. The molecule has 12 nitrogen and oxygen atoms in total. The molecule has 0 bridgehead atoms. The molecule has 0 N–H and O–H groups in total. The lowest BCUT2D eigenvalue weighted by atomic mass is 9.78. The SMILES string of the molecule is C.CC1(C)OB(c2ccc3c(c2)c2cc4c5ccccc5n(-c5ccccc5)c4cc2n3-c2ccccc2)OC1(C)C.N#Cc1c(-c2ccccc2)nc(-c2ccccc2)nc1-c1ccc2c(c1)c1cc3c4ccccc4n(-c4ccccc4)c3cc1n2-c1ccccc1.[C-]#[N+]c1c(Cl)nc(-c2ccccc2)nc1-c1ccccc1. The molecule has 14 heteroatoms. The number of hydrogen-bond acceptors (Lipinski definition) is 7. The van der Waals surface area contributed by atoms with Crippen LogP contribution in [-0.2, 0) is 9.31 Å². The van der Waals surface area contributed by atoms with Gasteiger partial charge in [0.05, 0.1) is 79.0 Å². The molecule has 1 fully saturated rings. The molecule has 0 radical (unpaired) electrons. The zero-order chi connectivity index (χ0) is 77.2. The van der Waals surface area contributed by atoms with Crippen molar-refractivity contribution in [3.63, 3.8) is 0 Å². The zero-order valence-electron chi connectivity index (χ0n) is 62.7. The van der Waals surface area contributed by atoms with Gasteiger partial charge in [-0.3, -0.25) is 0 Å². The first kappa shape index (κ1) is 72.3. The van der Waals surface area contributed by atoms with Crippen molar-refractivity contribution in [3.8, 4) is 85.4 Å². The van der Waals surface area contributed by atoms with Gasteiger partial charge in [0.1, 0.15) is 16.8 Å². The molecular formula is C101H74BClN10O2. The van der Waals surface area contributed by atoms with Crippen molar-refractivity contribution in [1.82, 2.24) is 38.2 Å². The summed E-state index contributed by atoms with van der Waals surface area (Å²) in [6.45, 7) is 15.7. The molecule has 0 atom stereocenters. The summed E-state index contributed by atoms with van der Waals surface area (Å²) in [4.78, 5) is 22.3. The van der Waals surface area contributed by atoms with Crippen LogP contribution >= 0.6 is 11.6 Å². The fourth-order valence-corrected chi connectivity index (χ4v) is 16.2. The van der Waals surface area contributed by atoms with Crippen LogP contribution in [0.5, 0.6) is 0 Å². The molecule has 0 spiro atoms. The number of para-hydroxylation sites is 6. The highest BCUT2D eigenvalue weighted by Gasteiger charge is 2.52. The van der Waals surface area contributed by atoms with Gasteiger partial charge in [0.15, 0.2) is 11.6 Å². The summed E-state index contributed by atoms with van der Waals surface area (Å²) in [6.07, 6.45) is 0. The second-order valence-corrected chi connectivity index (χ2v) is 29.8. The topological polar surface area (TPSA) is 118 Å². The van der Waals surface area contributed by atoms with Crippen LogP contribution in [0.1, 0.15) is 40.7 Å². The van der Waals surface area contributed by atoms with E-state index in [0.29, 0.717) is 34.3 Å². The van der Waals surface area contributed by atoms with Crippen molar-refractivity contribution < 1.29 is 9.31 Å². The van der Waals surface area contributed by atoms with Crippen LogP contribution in [0.2, 0.25) is 5.15 Å². The van der Waals surface area contributed by atoms with Crippen molar-refractivity contribution in [3.05, 3.63) is 374 Å². The van der Waals surface area contributed by atoms with E-state index in [2.05, 4.69) is 291 Å². The number of fused-ring (bicyclic) bond motifs is 12. The number of nitriles is 1. The summed E-state index contributed by atoms with van der Waals surface area (Å²) in [5, 5.41) is 20.4. The van der Waals surface area contributed by atoms with Crippen LogP contribution in [0.4, 0.5) is 5.69 Å². The van der Waals surface area contributed by atoms with Gasteiger partial charge in [0.2, 0.25) is 5.69 Å². The Bertz CT molecular complexity index is 7170. The van der Waals surface area contributed by atoms with Gasteiger partial charge in [0, 0.05) is 88.1 Å². The molecule has 0 saturated carbocycles. The maximum absolute atomic E-state index is 10.7. The van der Waals surface area contributed by atoms with Crippen LogP contribution in [0.25, 0.3) is 171 Å². The Labute approximate surface area is 671 Å². The summed E-state index contributed by atoms with van der Waals surface area (Å²) < 4.78 is 22.4. The maximum Gasteiger partial charge on any atom is 0.494 e. The van der Waals surface area contributed by atoms with Gasteiger partial charge in [0.25, 0.3) is 0 Å². The smallest absolute Gasteiger partial charge is 0.399 e. The lowest BCUT2D eigenvalue weighted by Crippen LogP contribution is -2.41. The predicted molar refractivity (Wildman–Crippen MR) is 473 cm³/mol. The molecular weight excluding hydrogens is 1430 g/mol. The first-order valence-electron chi connectivity index (χ1n) is 38.0. The maximum atomic E-state index is 10.7. The number of hydrogen-bond donors (Lipinski definition) is 0. The van der Waals surface area contributed by atoms with Gasteiger partial charge in [-0.1, -0.05) is 268 Å². The van der Waals surface area contributed by atoms with Crippen molar-refractivity contribution in [2.24, 2.45) is 0 Å². The number of halogens is 1. The zero-order valence-corrected chi connectivity index (χ0v) is 63.5. The largest absolute Gasteiger partial charge is 0.494 e. The molecule has 20 aromatic rings. The third-order valence-electron chi connectivity index (χ3n) is 22.1. The fraction of sp³-hybridized carbons (Fsp3) is 0.0693. The quantitative estimate of drug-likeness (QED) is 0.0760. The number of aromatic nitrogens is 8. The molecule has 0 amide bonds. The van der Waals surface area contributed by atoms with Crippen LogP contribution < -0.4 is 5.46 Å². The van der Waals surface area contributed by atoms with Crippen molar-refractivity contribution in [2.45, 2.75) is 46.3 Å². The molecule has 550 valence electrons. The first-order chi connectivity index (χ1) is 55.9. The Morgan fingerprint density at radius 1 is 0.330 bits per heavy atom. The minimum Gasteiger partial charge on any atom is -0.399 e. The van der Waals surface area contributed by atoms with E-state index >= 15 is 0 Å². The molecule has 21 rings (SSSR count). The van der Waals surface area contributed by atoms with Crippen molar-refractivity contribution in [1.29, 1.82) is 5.26 Å². The van der Waals surface area contributed by atoms with E-state index in [0.717, 1.165) is 94.4 Å². The number of benzene rings is 14. The monoisotopic (exact) mass is 1500 g/mol. The van der Waals surface area contributed by atoms with E-state index in [-0.39, 0.29) is 18.3 Å². The van der Waals surface area contributed by atoms with Crippen molar-refractivity contribution >= 4 is 117 Å². The average molecular weight is 1510 g/mol. The highest BCUT2D eigenvalue weighted by Crippen LogP contribution is 2.45.